The molecule has 1 fully saturated rings. The minimum absolute atomic E-state index is 0.0352. The van der Waals surface area contributed by atoms with Crippen molar-refractivity contribution in [1.82, 2.24) is 5.06 Å². The smallest absolute Gasteiger partial charge is 0.249 e. The van der Waals surface area contributed by atoms with Gasteiger partial charge in [0.2, 0.25) is 5.91 Å². The summed E-state index contributed by atoms with van der Waals surface area (Å²) in [5.74, 6) is 0.0352. The van der Waals surface area contributed by atoms with Crippen LogP contribution in [0.4, 0.5) is 0 Å². The van der Waals surface area contributed by atoms with Crippen molar-refractivity contribution in [3.8, 4) is 0 Å². The first-order valence-corrected chi connectivity index (χ1v) is 9.43. The summed E-state index contributed by atoms with van der Waals surface area (Å²) < 4.78 is 6.35. The van der Waals surface area contributed by atoms with Crippen molar-refractivity contribution < 1.29 is 14.1 Å². The van der Waals surface area contributed by atoms with E-state index in [1.807, 2.05) is 12.2 Å². The van der Waals surface area contributed by atoms with Gasteiger partial charge in [-0.25, -0.2) is 5.06 Å². The first kappa shape index (κ1) is 13.8. The summed E-state index contributed by atoms with van der Waals surface area (Å²) in [4.78, 5) is 17.2. The van der Waals surface area contributed by atoms with E-state index in [9.17, 15) is 4.79 Å². The highest BCUT2D eigenvalue weighted by Crippen LogP contribution is 2.39. The van der Waals surface area contributed by atoms with Crippen LogP contribution >= 0.6 is 0 Å². The maximum atomic E-state index is 11.9. The van der Waals surface area contributed by atoms with E-state index in [4.69, 9.17) is 9.26 Å². The summed E-state index contributed by atoms with van der Waals surface area (Å²) >= 11 is 0. The first-order valence-electron chi connectivity index (χ1n) is 6.52. The largest absolute Gasteiger partial charge is 0.411 e. The third kappa shape index (κ3) is 2.39. The number of nitrogens with zero attached hydrogens (tertiary/aromatic N) is 1. The molecular weight excluding hydrogens is 246 g/mol. The Morgan fingerprint density at radius 1 is 1.44 bits per heavy atom. The molecule has 2 aliphatic heterocycles. The van der Waals surface area contributed by atoms with Crippen LogP contribution in [-0.2, 0) is 14.1 Å². The standard InChI is InChI=1S/C13H23NO3Si/c1-13(2,3)18(4,5)17-11-9-12(15)14-10(11)7-6-8-16-14/h6-7,10-11H,8-9H2,1-5H3/t10-,11-/m0/s1. The Hall–Kier alpha value is -0.653. The molecule has 0 spiro atoms. The molecule has 0 aromatic heterocycles. The molecule has 0 aliphatic carbocycles. The lowest BCUT2D eigenvalue weighted by atomic mass is 10.1. The van der Waals surface area contributed by atoms with E-state index in [1.165, 1.54) is 5.06 Å². The van der Waals surface area contributed by atoms with E-state index in [-0.39, 0.29) is 23.1 Å². The second-order valence-corrected chi connectivity index (χ2v) is 11.3. The average molecular weight is 269 g/mol. The highest BCUT2D eigenvalue weighted by molar-refractivity contribution is 6.74. The fraction of sp³-hybridized carbons (Fsp3) is 0.769. The van der Waals surface area contributed by atoms with Gasteiger partial charge in [0.1, 0.15) is 6.04 Å². The summed E-state index contributed by atoms with van der Waals surface area (Å²) in [6.45, 7) is 11.5. The van der Waals surface area contributed by atoms with Crippen LogP contribution in [0, 0.1) is 0 Å². The van der Waals surface area contributed by atoms with Crippen molar-refractivity contribution in [3.05, 3.63) is 12.2 Å². The Labute approximate surface area is 110 Å². The number of carbonyl (C=O) groups is 1. The number of hydrogen-bond donors (Lipinski definition) is 0. The number of rotatable bonds is 2. The third-order valence-electron chi connectivity index (χ3n) is 4.17. The molecule has 2 atom stereocenters. The minimum Gasteiger partial charge on any atom is -0.411 e. The van der Waals surface area contributed by atoms with E-state index in [1.54, 1.807) is 0 Å². The quantitative estimate of drug-likeness (QED) is 0.571. The molecule has 2 aliphatic rings. The van der Waals surface area contributed by atoms with Crippen molar-refractivity contribution in [2.24, 2.45) is 0 Å². The molecule has 1 saturated heterocycles. The molecule has 2 heterocycles. The Kier molecular flexibility index (Phi) is 3.42. The van der Waals surface area contributed by atoms with E-state index >= 15 is 0 Å². The van der Waals surface area contributed by atoms with Gasteiger partial charge >= 0.3 is 0 Å². The summed E-state index contributed by atoms with van der Waals surface area (Å²) in [6, 6.07) is -0.0413. The molecule has 5 heteroatoms. The van der Waals surface area contributed by atoms with Gasteiger partial charge in [0.25, 0.3) is 0 Å². The Morgan fingerprint density at radius 3 is 2.72 bits per heavy atom. The minimum atomic E-state index is -1.84. The molecule has 1 amide bonds. The van der Waals surface area contributed by atoms with Gasteiger partial charge in [-0.05, 0) is 18.1 Å². The molecule has 0 aromatic rings. The van der Waals surface area contributed by atoms with Crippen molar-refractivity contribution in [2.45, 2.75) is 57.5 Å². The first-order chi connectivity index (χ1) is 8.22. The van der Waals surface area contributed by atoms with E-state index in [0.717, 1.165) is 0 Å². The summed E-state index contributed by atoms with van der Waals surface area (Å²) in [7, 11) is -1.84. The fourth-order valence-electron chi connectivity index (χ4n) is 2.05. The summed E-state index contributed by atoms with van der Waals surface area (Å²) in [5.41, 5.74) is 0. The monoisotopic (exact) mass is 269 g/mol. The van der Waals surface area contributed by atoms with Crippen LogP contribution < -0.4 is 0 Å². The van der Waals surface area contributed by atoms with Crippen molar-refractivity contribution >= 4 is 14.2 Å². The van der Waals surface area contributed by atoms with Crippen molar-refractivity contribution in [3.63, 3.8) is 0 Å². The highest BCUT2D eigenvalue weighted by Gasteiger charge is 2.47. The molecular formula is C13H23NO3Si. The predicted octanol–water partition coefficient (Wildman–Crippen LogP) is 2.48. The maximum absolute atomic E-state index is 11.9. The second kappa shape index (κ2) is 4.47. The second-order valence-electron chi connectivity index (χ2n) is 6.55. The molecule has 18 heavy (non-hydrogen) atoms. The lowest BCUT2D eigenvalue weighted by molar-refractivity contribution is -0.185. The van der Waals surface area contributed by atoms with Crippen LogP contribution in [0.15, 0.2) is 12.2 Å². The Bertz CT molecular complexity index is 373. The number of hydroxylamine groups is 2. The van der Waals surface area contributed by atoms with Crippen LogP contribution in [0.3, 0.4) is 0 Å². The Morgan fingerprint density at radius 2 is 2.11 bits per heavy atom. The third-order valence-corrected chi connectivity index (χ3v) is 8.67. The van der Waals surface area contributed by atoms with Gasteiger partial charge in [-0.15, -0.1) is 0 Å². The maximum Gasteiger partial charge on any atom is 0.249 e. The van der Waals surface area contributed by atoms with Gasteiger partial charge in [-0.3, -0.25) is 9.63 Å². The van der Waals surface area contributed by atoms with Crippen LogP contribution in [0.2, 0.25) is 18.1 Å². The van der Waals surface area contributed by atoms with Gasteiger partial charge in [0.15, 0.2) is 8.32 Å². The van der Waals surface area contributed by atoms with Gasteiger partial charge in [-0.1, -0.05) is 32.9 Å². The van der Waals surface area contributed by atoms with E-state index in [2.05, 4.69) is 33.9 Å². The predicted molar refractivity (Wildman–Crippen MR) is 72.4 cm³/mol. The lowest BCUT2D eigenvalue weighted by Gasteiger charge is -2.39. The molecule has 0 aromatic carbocycles. The molecule has 0 N–H and O–H groups in total. The van der Waals surface area contributed by atoms with Gasteiger partial charge < -0.3 is 4.43 Å². The van der Waals surface area contributed by atoms with Gasteiger partial charge in [-0.2, -0.15) is 0 Å². The van der Waals surface area contributed by atoms with E-state index < -0.39 is 8.32 Å². The molecule has 102 valence electrons. The molecule has 4 nitrogen and oxygen atoms in total. The van der Waals surface area contributed by atoms with Crippen LogP contribution in [0.5, 0.6) is 0 Å². The van der Waals surface area contributed by atoms with Crippen LogP contribution in [0.25, 0.3) is 0 Å². The van der Waals surface area contributed by atoms with Gasteiger partial charge in [0, 0.05) is 0 Å². The lowest BCUT2D eigenvalue weighted by Crippen LogP contribution is -2.47. The van der Waals surface area contributed by atoms with Gasteiger partial charge in [0.05, 0.1) is 19.1 Å². The number of amides is 1. The molecule has 2 rings (SSSR count). The normalized spacial score (nSPS) is 28.7. The summed E-state index contributed by atoms with van der Waals surface area (Å²) in [5, 5.41) is 1.64. The molecule has 0 saturated carbocycles. The van der Waals surface area contributed by atoms with Crippen LogP contribution in [0.1, 0.15) is 27.2 Å². The number of hydrogen-bond acceptors (Lipinski definition) is 3. The Balaban J connectivity index is 2.13. The zero-order valence-electron chi connectivity index (χ0n) is 11.9. The zero-order chi connectivity index (χ0) is 13.6. The molecule has 0 unspecified atom stereocenters. The van der Waals surface area contributed by atoms with Crippen LogP contribution in [-0.4, -0.2) is 38.0 Å². The fourth-order valence-corrected chi connectivity index (χ4v) is 3.38. The van der Waals surface area contributed by atoms with E-state index in [0.29, 0.717) is 13.0 Å². The average Bonchev–Trinajstić information content (AvgIpc) is 2.55. The highest BCUT2D eigenvalue weighted by atomic mass is 28.4. The topological polar surface area (TPSA) is 38.8 Å². The summed E-state index contributed by atoms with van der Waals surface area (Å²) in [6.07, 6.45) is 4.37. The van der Waals surface area contributed by atoms with Crippen molar-refractivity contribution in [2.75, 3.05) is 6.61 Å². The zero-order valence-corrected chi connectivity index (χ0v) is 12.9. The SMILES string of the molecule is CC(C)(C)[Si](C)(C)O[C@H]1CC(=O)N2OCC=C[C@@H]12. The molecule has 0 bridgehead atoms. The molecule has 0 radical (unpaired) electrons. The van der Waals surface area contributed by atoms with Crippen molar-refractivity contribution in [1.29, 1.82) is 0 Å². The number of fused-ring (bicyclic) bond motifs is 1. The number of carbonyl (C=O) groups excluding carboxylic acids is 1.